The number of nitrogens with zero attached hydrogens (tertiary/aromatic N) is 3. The van der Waals surface area contributed by atoms with Crippen LogP contribution in [0.25, 0.3) is 0 Å². The summed E-state index contributed by atoms with van der Waals surface area (Å²) in [7, 11) is 0. The number of carboxylic acids is 1. The van der Waals surface area contributed by atoms with Crippen LogP contribution in [0.5, 0.6) is 0 Å². The topological polar surface area (TPSA) is 105 Å². The van der Waals surface area contributed by atoms with Gasteiger partial charge in [0.1, 0.15) is 0 Å². The van der Waals surface area contributed by atoms with Crippen LogP contribution in [0.15, 0.2) is 36.9 Å². The van der Waals surface area contributed by atoms with Gasteiger partial charge in [-0.1, -0.05) is 0 Å². The third-order valence-electron chi connectivity index (χ3n) is 2.06. The smallest absolute Gasteiger partial charge is 0.358 e. The minimum Gasteiger partial charge on any atom is -0.476 e. The van der Waals surface area contributed by atoms with Crippen LogP contribution in [0, 0.1) is 0 Å². The second-order valence-electron chi connectivity index (χ2n) is 3.25. The van der Waals surface area contributed by atoms with Gasteiger partial charge in [0.15, 0.2) is 11.5 Å². The van der Waals surface area contributed by atoms with Gasteiger partial charge in [0.05, 0.1) is 5.56 Å². The lowest BCUT2D eigenvalue weighted by Crippen LogP contribution is -2.17. The normalized spacial score (nSPS) is 9.78. The Morgan fingerprint density at radius 2 is 1.94 bits per heavy atom. The average molecular weight is 244 g/mol. The van der Waals surface area contributed by atoms with Crippen LogP contribution >= 0.6 is 0 Å². The summed E-state index contributed by atoms with van der Waals surface area (Å²) in [5, 5.41) is 11.3. The second kappa shape index (κ2) is 5.00. The van der Waals surface area contributed by atoms with Crippen LogP contribution < -0.4 is 5.32 Å². The zero-order valence-electron chi connectivity index (χ0n) is 9.07. The molecule has 90 valence electrons. The van der Waals surface area contributed by atoms with E-state index < -0.39 is 11.9 Å². The summed E-state index contributed by atoms with van der Waals surface area (Å²) in [5.41, 5.74) is -0.00534. The molecule has 0 fully saturated rings. The van der Waals surface area contributed by atoms with Gasteiger partial charge < -0.3 is 10.4 Å². The molecule has 0 atom stereocenters. The van der Waals surface area contributed by atoms with Gasteiger partial charge in [-0.05, 0) is 12.1 Å². The first-order valence-corrected chi connectivity index (χ1v) is 4.94. The summed E-state index contributed by atoms with van der Waals surface area (Å²) >= 11 is 0. The van der Waals surface area contributed by atoms with E-state index in [2.05, 4.69) is 20.3 Å². The molecule has 0 radical (unpaired) electrons. The molecule has 0 aromatic carbocycles. The Bertz CT molecular complexity index is 586. The number of carbonyl (C=O) groups is 2. The Kier molecular flexibility index (Phi) is 3.24. The lowest BCUT2D eigenvalue weighted by Gasteiger charge is -2.05. The van der Waals surface area contributed by atoms with Gasteiger partial charge in [-0.3, -0.25) is 9.78 Å². The number of rotatable bonds is 3. The minimum atomic E-state index is -1.26. The van der Waals surface area contributed by atoms with E-state index in [0.29, 0.717) is 5.56 Å². The van der Waals surface area contributed by atoms with Gasteiger partial charge in [-0.25, -0.2) is 14.8 Å². The molecule has 0 aliphatic heterocycles. The van der Waals surface area contributed by atoms with Crippen LogP contribution in [-0.2, 0) is 0 Å². The fourth-order valence-corrected chi connectivity index (χ4v) is 1.26. The van der Waals surface area contributed by atoms with E-state index in [9.17, 15) is 9.59 Å². The van der Waals surface area contributed by atoms with E-state index in [1.807, 2.05) is 0 Å². The molecule has 2 aromatic rings. The fourth-order valence-electron chi connectivity index (χ4n) is 1.26. The molecule has 7 nitrogen and oxygen atoms in total. The van der Waals surface area contributed by atoms with Crippen molar-refractivity contribution in [2.75, 3.05) is 5.32 Å². The number of nitrogens with one attached hydrogen (secondary N) is 1. The maximum absolute atomic E-state index is 11.8. The number of aromatic nitrogens is 3. The van der Waals surface area contributed by atoms with Gasteiger partial charge in [0.25, 0.3) is 5.91 Å². The van der Waals surface area contributed by atoms with Crippen LogP contribution in [0.2, 0.25) is 0 Å². The van der Waals surface area contributed by atoms with Crippen molar-refractivity contribution in [3.05, 3.63) is 48.2 Å². The van der Waals surface area contributed by atoms with Crippen molar-refractivity contribution in [1.82, 2.24) is 15.0 Å². The number of aromatic carboxylic acids is 1. The second-order valence-corrected chi connectivity index (χ2v) is 3.25. The molecular weight excluding hydrogens is 236 g/mol. The summed E-state index contributed by atoms with van der Waals surface area (Å²) in [5.74, 6) is -1.85. The quantitative estimate of drug-likeness (QED) is 0.828. The summed E-state index contributed by atoms with van der Waals surface area (Å²) in [4.78, 5) is 33.8. The van der Waals surface area contributed by atoms with E-state index in [4.69, 9.17) is 5.11 Å². The van der Waals surface area contributed by atoms with Gasteiger partial charge in [0.2, 0.25) is 0 Å². The molecule has 2 aromatic heterocycles. The lowest BCUT2D eigenvalue weighted by molar-refractivity contribution is 0.0691. The molecule has 0 saturated heterocycles. The summed E-state index contributed by atoms with van der Waals surface area (Å²) in [6.45, 7) is 0. The van der Waals surface area contributed by atoms with Crippen LogP contribution in [0.4, 0.5) is 5.82 Å². The van der Waals surface area contributed by atoms with Crippen LogP contribution in [0.3, 0.4) is 0 Å². The van der Waals surface area contributed by atoms with Crippen LogP contribution in [0.1, 0.15) is 20.8 Å². The molecule has 0 saturated carbocycles. The van der Waals surface area contributed by atoms with Crippen molar-refractivity contribution in [3.63, 3.8) is 0 Å². The molecule has 0 aliphatic rings. The molecule has 18 heavy (non-hydrogen) atoms. The molecule has 2 rings (SSSR count). The largest absolute Gasteiger partial charge is 0.476 e. The van der Waals surface area contributed by atoms with Gasteiger partial charge in [-0.15, -0.1) is 0 Å². The molecule has 0 bridgehead atoms. The van der Waals surface area contributed by atoms with Crippen molar-refractivity contribution in [2.24, 2.45) is 0 Å². The number of hydrogen-bond donors (Lipinski definition) is 2. The summed E-state index contributed by atoms with van der Waals surface area (Å²) < 4.78 is 0. The highest BCUT2D eigenvalue weighted by atomic mass is 16.4. The highest BCUT2D eigenvalue weighted by Crippen LogP contribution is 2.09. The monoisotopic (exact) mass is 244 g/mol. The SMILES string of the molecule is O=C(Nc1nccnc1C(=O)O)c1cccnc1. The van der Waals surface area contributed by atoms with Crippen molar-refractivity contribution >= 4 is 17.7 Å². The van der Waals surface area contributed by atoms with Gasteiger partial charge in [-0.2, -0.15) is 0 Å². The van der Waals surface area contributed by atoms with Gasteiger partial charge in [0, 0.05) is 24.8 Å². The van der Waals surface area contributed by atoms with Crippen molar-refractivity contribution in [2.45, 2.75) is 0 Å². The molecule has 0 spiro atoms. The number of pyridine rings is 1. The van der Waals surface area contributed by atoms with E-state index in [0.717, 1.165) is 0 Å². The number of carbonyl (C=O) groups excluding carboxylic acids is 1. The Balaban J connectivity index is 2.25. The molecule has 7 heteroatoms. The van der Waals surface area contributed by atoms with Crippen molar-refractivity contribution in [3.8, 4) is 0 Å². The molecule has 2 N–H and O–H groups in total. The first-order chi connectivity index (χ1) is 8.68. The molecule has 2 heterocycles. The Labute approximate surface area is 102 Å². The molecule has 0 aliphatic carbocycles. The maximum Gasteiger partial charge on any atom is 0.358 e. The third-order valence-corrected chi connectivity index (χ3v) is 2.06. The molecular formula is C11H8N4O3. The Hall–Kier alpha value is -2.83. The standard InChI is InChI=1S/C11H8N4O3/c16-10(7-2-1-3-12-6-7)15-9-8(11(17)18)13-4-5-14-9/h1-6H,(H,17,18)(H,14,15,16). The third kappa shape index (κ3) is 2.46. The van der Waals surface area contributed by atoms with Crippen molar-refractivity contribution in [1.29, 1.82) is 0 Å². The first kappa shape index (κ1) is 11.6. The maximum atomic E-state index is 11.8. The zero-order valence-corrected chi connectivity index (χ0v) is 9.07. The Morgan fingerprint density at radius 3 is 2.61 bits per heavy atom. The van der Waals surface area contributed by atoms with Crippen molar-refractivity contribution < 1.29 is 14.7 Å². The van der Waals surface area contributed by atoms with Crippen LogP contribution in [-0.4, -0.2) is 31.9 Å². The predicted molar refractivity (Wildman–Crippen MR) is 61.2 cm³/mol. The number of carboxylic acid groups (broad SMARTS) is 1. The molecule has 0 unspecified atom stereocenters. The van der Waals surface area contributed by atoms with E-state index in [1.165, 1.54) is 24.8 Å². The zero-order chi connectivity index (χ0) is 13.0. The summed E-state index contributed by atoms with van der Waals surface area (Å²) in [6.07, 6.45) is 5.43. The fraction of sp³-hybridized carbons (Fsp3) is 0. The Morgan fingerprint density at radius 1 is 1.17 bits per heavy atom. The number of hydrogen-bond acceptors (Lipinski definition) is 5. The predicted octanol–water partition coefficient (Wildman–Crippen LogP) is 0.822. The molecule has 1 amide bonds. The first-order valence-electron chi connectivity index (χ1n) is 4.94. The average Bonchev–Trinajstić information content (AvgIpc) is 2.40. The van der Waals surface area contributed by atoms with Gasteiger partial charge >= 0.3 is 5.97 Å². The highest BCUT2D eigenvalue weighted by Gasteiger charge is 2.15. The number of anilines is 1. The lowest BCUT2D eigenvalue weighted by atomic mass is 10.2. The number of amides is 1. The summed E-state index contributed by atoms with van der Waals surface area (Å²) in [6, 6.07) is 3.16. The minimum absolute atomic E-state index is 0.0983. The van der Waals surface area contributed by atoms with E-state index >= 15 is 0 Å². The van der Waals surface area contributed by atoms with E-state index in [1.54, 1.807) is 12.1 Å². The van der Waals surface area contributed by atoms with E-state index in [-0.39, 0.29) is 11.5 Å². The highest BCUT2D eigenvalue weighted by molar-refractivity contribution is 6.06.